The highest BCUT2D eigenvalue weighted by Gasteiger charge is 2.25. The van der Waals surface area contributed by atoms with Crippen molar-refractivity contribution in [1.82, 2.24) is 4.90 Å². The van der Waals surface area contributed by atoms with E-state index in [2.05, 4.69) is 11.8 Å². The van der Waals surface area contributed by atoms with E-state index in [0.29, 0.717) is 11.7 Å². The van der Waals surface area contributed by atoms with E-state index < -0.39 is 0 Å². The molecule has 2 rings (SSSR count). The maximum Gasteiger partial charge on any atom is 0.162 e. The zero-order chi connectivity index (χ0) is 13.1. The second kappa shape index (κ2) is 5.59. The van der Waals surface area contributed by atoms with Crippen molar-refractivity contribution in [3.05, 3.63) is 23.8 Å². The average molecular weight is 250 g/mol. The summed E-state index contributed by atoms with van der Waals surface area (Å²) in [5, 5.41) is 10.0. The van der Waals surface area contributed by atoms with Gasteiger partial charge in [-0.1, -0.05) is 12.1 Å². The van der Waals surface area contributed by atoms with Crippen molar-refractivity contribution in [3.8, 4) is 11.5 Å². The molecule has 1 aromatic rings. The van der Waals surface area contributed by atoms with E-state index in [-0.39, 0.29) is 11.8 Å². The lowest BCUT2D eigenvalue weighted by Crippen LogP contribution is -2.29. The first-order valence-electron chi connectivity index (χ1n) is 6.44. The Morgan fingerprint density at radius 1 is 1.56 bits per heavy atom. The Morgan fingerprint density at radius 2 is 2.33 bits per heavy atom. The minimum Gasteiger partial charge on any atom is -0.504 e. The lowest BCUT2D eigenvalue weighted by Gasteiger charge is -2.19. The molecule has 0 bridgehead atoms. The molecule has 4 nitrogen and oxygen atoms in total. The van der Waals surface area contributed by atoms with E-state index in [1.54, 1.807) is 13.2 Å². The molecule has 0 radical (unpaired) electrons. The average Bonchev–Trinajstić information content (AvgIpc) is 2.80. The first-order valence-corrected chi connectivity index (χ1v) is 6.44. The fourth-order valence-corrected chi connectivity index (χ4v) is 2.54. The van der Waals surface area contributed by atoms with Gasteiger partial charge in [-0.2, -0.15) is 0 Å². The standard InChI is InChI=1S/C14H22N2O2/c1-10(15)11-6-7-16(8-11)9-12-4-3-5-13(18-2)14(12)17/h3-5,10-11,17H,6-9,15H2,1-2H3. The smallest absolute Gasteiger partial charge is 0.162 e. The Bertz CT molecular complexity index is 407. The maximum absolute atomic E-state index is 10.0. The summed E-state index contributed by atoms with van der Waals surface area (Å²) >= 11 is 0. The van der Waals surface area contributed by atoms with E-state index in [1.165, 1.54) is 0 Å². The zero-order valence-electron chi connectivity index (χ0n) is 11.1. The van der Waals surface area contributed by atoms with Crippen molar-refractivity contribution < 1.29 is 9.84 Å². The summed E-state index contributed by atoms with van der Waals surface area (Å²) in [5.74, 6) is 1.36. The van der Waals surface area contributed by atoms with Gasteiger partial charge in [-0.05, 0) is 31.9 Å². The molecule has 100 valence electrons. The first kappa shape index (κ1) is 13.2. The molecule has 2 unspecified atom stereocenters. The Balaban J connectivity index is 2.02. The molecule has 18 heavy (non-hydrogen) atoms. The maximum atomic E-state index is 10.0. The van der Waals surface area contributed by atoms with Gasteiger partial charge in [-0.3, -0.25) is 4.90 Å². The fourth-order valence-electron chi connectivity index (χ4n) is 2.54. The van der Waals surface area contributed by atoms with Crippen molar-refractivity contribution in [2.75, 3.05) is 20.2 Å². The minimum atomic E-state index is 0.244. The molecule has 1 aromatic carbocycles. The van der Waals surface area contributed by atoms with Gasteiger partial charge >= 0.3 is 0 Å². The summed E-state index contributed by atoms with van der Waals surface area (Å²) in [6, 6.07) is 5.87. The number of methoxy groups -OCH3 is 1. The molecule has 0 aromatic heterocycles. The van der Waals surface area contributed by atoms with Crippen LogP contribution in [-0.2, 0) is 6.54 Å². The molecule has 4 heteroatoms. The number of para-hydroxylation sites is 1. The quantitative estimate of drug-likeness (QED) is 0.851. The van der Waals surface area contributed by atoms with Gasteiger partial charge in [0.25, 0.3) is 0 Å². The van der Waals surface area contributed by atoms with E-state index in [4.69, 9.17) is 10.5 Å². The highest BCUT2D eigenvalue weighted by Crippen LogP contribution is 2.31. The van der Waals surface area contributed by atoms with Gasteiger partial charge in [0, 0.05) is 24.7 Å². The number of aromatic hydroxyl groups is 1. The van der Waals surface area contributed by atoms with E-state index >= 15 is 0 Å². The predicted molar refractivity (Wildman–Crippen MR) is 71.7 cm³/mol. The summed E-state index contributed by atoms with van der Waals surface area (Å²) < 4.78 is 5.12. The van der Waals surface area contributed by atoms with Crippen molar-refractivity contribution in [2.24, 2.45) is 11.7 Å². The molecule has 0 amide bonds. The van der Waals surface area contributed by atoms with Gasteiger partial charge in [-0.15, -0.1) is 0 Å². The van der Waals surface area contributed by atoms with Gasteiger partial charge in [0.2, 0.25) is 0 Å². The second-order valence-electron chi connectivity index (χ2n) is 5.11. The predicted octanol–water partition coefficient (Wildman–Crippen LogP) is 1.57. The summed E-state index contributed by atoms with van der Waals surface area (Å²) in [4.78, 5) is 2.34. The molecular weight excluding hydrogens is 228 g/mol. The van der Waals surface area contributed by atoms with Crippen LogP contribution in [0.15, 0.2) is 18.2 Å². The van der Waals surface area contributed by atoms with Gasteiger partial charge in [-0.25, -0.2) is 0 Å². The van der Waals surface area contributed by atoms with Crippen molar-refractivity contribution in [1.29, 1.82) is 0 Å². The molecule has 0 aliphatic carbocycles. The number of nitrogens with zero attached hydrogens (tertiary/aromatic N) is 1. The van der Waals surface area contributed by atoms with Crippen LogP contribution in [0.1, 0.15) is 18.9 Å². The van der Waals surface area contributed by atoms with Crippen LogP contribution in [0.2, 0.25) is 0 Å². The van der Waals surface area contributed by atoms with Gasteiger partial charge in [0.1, 0.15) is 0 Å². The molecule has 3 N–H and O–H groups in total. The van der Waals surface area contributed by atoms with Crippen LogP contribution in [0.25, 0.3) is 0 Å². The van der Waals surface area contributed by atoms with Crippen LogP contribution in [0.5, 0.6) is 11.5 Å². The molecular formula is C14H22N2O2. The van der Waals surface area contributed by atoms with E-state index in [0.717, 1.165) is 31.6 Å². The minimum absolute atomic E-state index is 0.244. The SMILES string of the molecule is COc1cccc(CN2CCC(C(C)N)C2)c1O. The van der Waals surface area contributed by atoms with Crippen molar-refractivity contribution in [3.63, 3.8) is 0 Å². The summed E-state index contributed by atoms with van der Waals surface area (Å²) in [5.41, 5.74) is 6.85. The number of likely N-dealkylation sites (tertiary alicyclic amines) is 1. The number of phenolic OH excluding ortho intramolecular Hbond substituents is 1. The van der Waals surface area contributed by atoms with E-state index in [1.807, 2.05) is 12.1 Å². The highest BCUT2D eigenvalue weighted by atomic mass is 16.5. The topological polar surface area (TPSA) is 58.7 Å². The number of hydrogen-bond acceptors (Lipinski definition) is 4. The van der Waals surface area contributed by atoms with Crippen molar-refractivity contribution >= 4 is 0 Å². The highest BCUT2D eigenvalue weighted by molar-refractivity contribution is 5.45. The van der Waals surface area contributed by atoms with Crippen LogP contribution < -0.4 is 10.5 Å². The van der Waals surface area contributed by atoms with Gasteiger partial charge < -0.3 is 15.6 Å². The second-order valence-corrected chi connectivity index (χ2v) is 5.11. The Kier molecular flexibility index (Phi) is 4.09. The molecule has 1 aliphatic rings. The van der Waals surface area contributed by atoms with Gasteiger partial charge in [0.05, 0.1) is 7.11 Å². The number of phenols is 1. The third-order valence-corrected chi connectivity index (χ3v) is 3.75. The summed E-state index contributed by atoms with van der Waals surface area (Å²) in [6.45, 7) is 4.88. The third-order valence-electron chi connectivity index (χ3n) is 3.75. The monoisotopic (exact) mass is 250 g/mol. The molecule has 0 saturated carbocycles. The lowest BCUT2D eigenvalue weighted by atomic mass is 10.0. The van der Waals surface area contributed by atoms with Crippen LogP contribution in [0.3, 0.4) is 0 Å². The summed E-state index contributed by atoms with van der Waals surface area (Å²) in [7, 11) is 1.57. The molecule has 2 atom stereocenters. The lowest BCUT2D eigenvalue weighted by molar-refractivity contribution is 0.299. The Morgan fingerprint density at radius 3 is 2.94 bits per heavy atom. The van der Waals surface area contributed by atoms with E-state index in [9.17, 15) is 5.11 Å². The number of nitrogens with two attached hydrogens (primary N) is 1. The fraction of sp³-hybridized carbons (Fsp3) is 0.571. The van der Waals surface area contributed by atoms with Crippen LogP contribution in [0, 0.1) is 5.92 Å². The Labute approximate surface area is 108 Å². The summed E-state index contributed by atoms with van der Waals surface area (Å²) in [6.07, 6.45) is 1.14. The number of ether oxygens (including phenoxy) is 1. The number of hydrogen-bond donors (Lipinski definition) is 2. The molecule has 0 spiro atoms. The van der Waals surface area contributed by atoms with Gasteiger partial charge in [0.15, 0.2) is 11.5 Å². The molecule has 1 fully saturated rings. The number of rotatable bonds is 4. The Hall–Kier alpha value is -1.26. The number of benzene rings is 1. The normalized spacial score (nSPS) is 22.1. The first-order chi connectivity index (χ1) is 8.61. The molecule has 1 saturated heterocycles. The molecule has 1 aliphatic heterocycles. The van der Waals surface area contributed by atoms with Crippen molar-refractivity contribution in [2.45, 2.75) is 25.9 Å². The third kappa shape index (κ3) is 2.76. The largest absolute Gasteiger partial charge is 0.504 e. The molecule has 1 heterocycles. The van der Waals surface area contributed by atoms with Crippen LogP contribution in [-0.4, -0.2) is 36.2 Å². The van der Waals surface area contributed by atoms with Crippen LogP contribution >= 0.6 is 0 Å². The van der Waals surface area contributed by atoms with Crippen LogP contribution in [0.4, 0.5) is 0 Å². The zero-order valence-corrected chi connectivity index (χ0v) is 11.1.